The van der Waals surface area contributed by atoms with Crippen LogP contribution < -0.4 is 0 Å². The Morgan fingerprint density at radius 3 is 2.87 bits per heavy atom. The van der Waals surface area contributed by atoms with Gasteiger partial charge in [-0.2, -0.15) is 0 Å². The van der Waals surface area contributed by atoms with Crippen LogP contribution in [0.2, 0.25) is 0 Å². The van der Waals surface area contributed by atoms with E-state index in [0.717, 1.165) is 9.54 Å². The topological polar surface area (TPSA) is 37.4 Å². The van der Waals surface area contributed by atoms with Crippen LogP contribution in [-0.2, 0) is 0 Å². The van der Waals surface area contributed by atoms with Gasteiger partial charge in [-0.15, -0.1) is 11.3 Å². The number of thiophene rings is 1. The van der Waals surface area contributed by atoms with E-state index in [1.165, 1.54) is 23.1 Å². The van der Waals surface area contributed by atoms with Crippen molar-refractivity contribution in [2.75, 3.05) is 18.8 Å². The fraction of sp³-hybridized carbons (Fsp3) is 0.333. The zero-order valence-electron chi connectivity index (χ0n) is 7.73. The predicted molar refractivity (Wildman–Crippen MR) is 65.8 cm³/mol. The lowest BCUT2D eigenvalue weighted by Crippen LogP contribution is -2.29. The maximum atomic E-state index is 11.7. The smallest absolute Gasteiger partial charge is 0.282 e. The number of hydrogen-bond acceptors (Lipinski definition) is 4. The molecule has 1 saturated heterocycles. The standard InChI is InChI=1S/C9H8BrNO2S2/c10-8-2-1-7(15-8)6(12)5-11-3-4-14-9(11)13/h1-2H,3-5H2. The molecule has 15 heavy (non-hydrogen) atoms. The molecule has 1 aromatic rings. The van der Waals surface area contributed by atoms with Gasteiger partial charge in [0.05, 0.1) is 15.2 Å². The first-order valence-electron chi connectivity index (χ1n) is 4.37. The Kier molecular flexibility index (Phi) is 3.48. The molecule has 0 unspecified atom stereocenters. The fourth-order valence-electron chi connectivity index (χ4n) is 1.28. The number of Topliss-reactive ketones (excluding diaryl/α,β-unsaturated/α-hetero) is 1. The van der Waals surface area contributed by atoms with Crippen LogP contribution in [0, 0.1) is 0 Å². The van der Waals surface area contributed by atoms with E-state index in [4.69, 9.17) is 0 Å². The van der Waals surface area contributed by atoms with Crippen LogP contribution in [0.3, 0.4) is 0 Å². The Labute approximate surface area is 104 Å². The summed E-state index contributed by atoms with van der Waals surface area (Å²) in [5.74, 6) is 0.807. The highest BCUT2D eigenvalue weighted by Crippen LogP contribution is 2.24. The number of nitrogens with zero attached hydrogens (tertiary/aromatic N) is 1. The number of amides is 1. The first-order valence-corrected chi connectivity index (χ1v) is 6.96. The molecule has 3 nitrogen and oxygen atoms in total. The monoisotopic (exact) mass is 305 g/mol. The van der Waals surface area contributed by atoms with Crippen LogP contribution in [0.15, 0.2) is 15.9 Å². The summed E-state index contributed by atoms with van der Waals surface area (Å²) in [5.41, 5.74) is 0. The number of hydrogen-bond donors (Lipinski definition) is 0. The molecule has 0 aromatic carbocycles. The summed E-state index contributed by atoms with van der Waals surface area (Å²) in [5, 5.41) is 0.0129. The van der Waals surface area contributed by atoms with Crippen molar-refractivity contribution >= 4 is 50.1 Å². The molecular weight excluding hydrogens is 298 g/mol. The van der Waals surface area contributed by atoms with E-state index in [1.807, 2.05) is 6.07 Å². The van der Waals surface area contributed by atoms with E-state index in [2.05, 4.69) is 15.9 Å². The molecule has 80 valence electrons. The van der Waals surface area contributed by atoms with E-state index in [-0.39, 0.29) is 17.6 Å². The van der Waals surface area contributed by atoms with Gasteiger partial charge in [-0.05, 0) is 28.1 Å². The van der Waals surface area contributed by atoms with Crippen LogP contribution in [0.1, 0.15) is 9.67 Å². The SMILES string of the molecule is O=C(CN1CCSC1=O)c1ccc(Br)s1. The average Bonchev–Trinajstić information content (AvgIpc) is 2.77. The lowest BCUT2D eigenvalue weighted by Gasteiger charge is -2.11. The Bertz CT molecular complexity index is 405. The van der Waals surface area contributed by atoms with Crippen LogP contribution in [-0.4, -0.2) is 34.8 Å². The number of halogens is 1. The van der Waals surface area contributed by atoms with Gasteiger partial charge >= 0.3 is 0 Å². The minimum absolute atomic E-state index is 0.0129. The van der Waals surface area contributed by atoms with E-state index in [0.29, 0.717) is 11.4 Å². The van der Waals surface area contributed by atoms with Crippen LogP contribution in [0.25, 0.3) is 0 Å². The molecule has 0 atom stereocenters. The zero-order valence-corrected chi connectivity index (χ0v) is 11.0. The molecule has 0 bridgehead atoms. The number of carbonyl (C=O) groups is 2. The van der Waals surface area contributed by atoms with Gasteiger partial charge in [0.25, 0.3) is 5.24 Å². The van der Waals surface area contributed by atoms with Gasteiger partial charge in [0.1, 0.15) is 0 Å². The molecule has 6 heteroatoms. The first kappa shape index (κ1) is 11.2. The maximum absolute atomic E-state index is 11.7. The molecular formula is C9H8BrNO2S2. The molecule has 1 aliphatic heterocycles. The molecule has 0 saturated carbocycles. The third kappa shape index (κ3) is 2.62. The van der Waals surface area contributed by atoms with Crippen molar-refractivity contribution in [2.24, 2.45) is 0 Å². The second kappa shape index (κ2) is 4.67. The van der Waals surface area contributed by atoms with Gasteiger partial charge in [0.15, 0.2) is 5.78 Å². The highest BCUT2D eigenvalue weighted by Gasteiger charge is 2.24. The highest BCUT2D eigenvalue weighted by molar-refractivity contribution is 9.11. The van der Waals surface area contributed by atoms with Gasteiger partial charge in [-0.25, -0.2) is 0 Å². The van der Waals surface area contributed by atoms with Crippen molar-refractivity contribution in [1.82, 2.24) is 4.90 Å². The first-order chi connectivity index (χ1) is 7.16. The van der Waals surface area contributed by atoms with Gasteiger partial charge in [-0.3, -0.25) is 9.59 Å². The second-order valence-electron chi connectivity index (χ2n) is 3.06. The molecule has 0 spiro atoms. The van der Waals surface area contributed by atoms with Gasteiger partial charge in [-0.1, -0.05) is 11.8 Å². The molecule has 1 aromatic heterocycles. The largest absolute Gasteiger partial charge is 0.325 e. The number of thioether (sulfide) groups is 1. The van der Waals surface area contributed by atoms with Crippen molar-refractivity contribution in [3.63, 3.8) is 0 Å². The fourth-order valence-corrected chi connectivity index (χ4v) is 3.43. The number of carbonyl (C=O) groups excluding carboxylic acids is 2. The number of ketones is 1. The van der Waals surface area contributed by atoms with Crippen LogP contribution in [0.4, 0.5) is 4.79 Å². The molecule has 0 aliphatic carbocycles. The highest BCUT2D eigenvalue weighted by atomic mass is 79.9. The molecule has 1 amide bonds. The summed E-state index contributed by atoms with van der Waals surface area (Å²) in [4.78, 5) is 25.3. The Morgan fingerprint density at radius 1 is 1.53 bits per heavy atom. The molecule has 1 fully saturated rings. The zero-order chi connectivity index (χ0) is 10.8. The third-order valence-electron chi connectivity index (χ3n) is 2.03. The Morgan fingerprint density at radius 2 is 2.33 bits per heavy atom. The van der Waals surface area contributed by atoms with Crippen molar-refractivity contribution in [3.05, 3.63) is 20.8 Å². The maximum Gasteiger partial charge on any atom is 0.282 e. The summed E-state index contributed by atoms with van der Waals surface area (Å²) in [6.07, 6.45) is 0. The summed E-state index contributed by atoms with van der Waals surface area (Å²) >= 11 is 5.99. The average molecular weight is 306 g/mol. The van der Waals surface area contributed by atoms with Crippen molar-refractivity contribution in [2.45, 2.75) is 0 Å². The summed E-state index contributed by atoms with van der Waals surface area (Å²) < 4.78 is 0.938. The quantitative estimate of drug-likeness (QED) is 0.806. The second-order valence-corrected chi connectivity index (χ2v) is 6.57. The minimum atomic E-state index is 0.0129. The third-order valence-corrected chi connectivity index (χ3v) is 4.58. The van der Waals surface area contributed by atoms with Crippen molar-refractivity contribution in [1.29, 1.82) is 0 Å². The molecule has 0 N–H and O–H groups in total. The predicted octanol–water partition coefficient (Wildman–Crippen LogP) is 2.86. The molecule has 2 heterocycles. The Balaban J connectivity index is 2.00. The van der Waals surface area contributed by atoms with E-state index < -0.39 is 0 Å². The number of rotatable bonds is 3. The molecule has 1 aliphatic rings. The van der Waals surface area contributed by atoms with Gasteiger partial charge < -0.3 is 4.90 Å². The molecule has 2 rings (SSSR count). The minimum Gasteiger partial charge on any atom is -0.325 e. The van der Waals surface area contributed by atoms with Crippen molar-refractivity contribution in [3.8, 4) is 0 Å². The van der Waals surface area contributed by atoms with E-state index in [1.54, 1.807) is 11.0 Å². The lowest BCUT2D eigenvalue weighted by molar-refractivity contribution is 0.0960. The summed E-state index contributed by atoms with van der Waals surface area (Å²) in [6, 6.07) is 3.63. The van der Waals surface area contributed by atoms with Crippen LogP contribution >= 0.6 is 39.0 Å². The lowest BCUT2D eigenvalue weighted by atomic mass is 10.3. The Hall–Kier alpha value is -0.330. The van der Waals surface area contributed by atoms with Gasteiger partial charge in [0.2, 0.25) is 0 Å². The van der Waals surface area contributed by atoms with Crippen molar-refractivity contribution < 1.29 is 9.59 Å². The van der Waals surface area contributed by atoms with Gasteiger partial charge in [0, 0.05) is 12.3 Å². The van der Waals surface area contributed by atoms with E-state index >= 15 is 0 Å². The van der Waals surface area contributed by atoms with Crippen LogP contribution in [0.5, 0.6) is 0 Å². The summed E-state index contributed by atoms with van der Waals surface area (Å²) in [7, 11) is 0. The summed E-state index contributed by atoms with van der Waals surface area (Å²) in [6.45, 7) is 0.889. The van der Waals surface area contributed by atoms with E-state index in [9.17, 15) is 9.59 Å². The normalized spacial score (nSPS) is 16.1. The molecule has 0 radical (unpaired) electrons.